The standard InChI is InChI=1S/C14H22N2O2/c1-14(2,8-9-17)16-13(18)7-6-11-4-3-5-12(15)10-11/h3-5,10,17H,6-9,15H2,1-2H3,(H,16,18). The number of aliphatic hydroxyl groups excluding tert-OH is 1. The van der Waals surface area contributed by atoms with Crippen molar-refractivity contribution in [1.29, 1.82) is 0 Å². The van der Waals surface area contributed by atoms with Gasteiger partial charge in [0.2, 0.25) is 5.91 Å². The molecule has 0 saturated heterocycles. The second kappa shape index (κ2) is 6.40. The van der Waals surface area contributed by atoms with Gasteiger partial charge in [-0.25, -0.2) is 0 Å². The summed E-state index contributed by atoms with van der Waals surface area (Å²) < 4.78 is 0. The van der Waals surface area contributed by atoms with Gasteiger partial charge in [0.25, 0.3) is 0 Å². The number of carbonyl (C=O) groups is 1. The van der Waals surface area contributed by atoms with Gasteiger partial charge in [0.05, 0.1) is 0 Å². The Balaban J connectivity index is 2.42. The average Bonchev–Trinajstić information content (AvgIpc) is 2.25. The molecule has 100 valence electrons. The number of nitrogens with two attached hydrogens (primary N) is 1. The molecule has 0 unspecified atom stereocenters. The molecule has 0 radical (unpaired) electrons. The van der Waals surface area contributed by atoms with Gasteiger partial charge in [-0.1, -0.05) is 12.1 Å². The molecule has 4 nitrogen and oxygen atoms in total. The number of benzene rings is 1. The molecule has 0 atom stereocenters. The Morgan fingerprint density at radius 1 is 1.44 bits per heavy atom. The minimum absolute atomic E-state index is 0.00382. The molecule has 0 aliphatic rings. The summed E-state index contributed by atoms with van der Waals surface area (Å²) in [6.45, 7) is 3.88. The number of nitrogens with one attached hydrogen (secondary N) is 1. The fourth-order valence-electron chi connectivity index (χ4n) is 1.79. The van der Waals surface area contributed by atoms with E-state index in [4.69, 9.17) is 10.8 Å². The van der Waals surface area contributed by atoms with Gasteiger partial charge < -0.3 is 16.2 Å². The molecule has 0 spiro atoms. The monoisotopic (exact) mass is 250 g/mol. The van der Waals surface area contributed by atoms with Crippen molar-refractivity contribution < 1.29 is 9.90 Å². The van der Waals surface area contributed by atoms with E-state index in [1.165, 1.54) is 0 Å². The van der Waals surface area contributed by atoms with Crippen LogP contribution in [0.3, 0.4) is 0 Å². The van der Waals surface area contributed by atoms with Crippen LogP contribution in [0.1, 0.15) is 32.3 Å². The van der Waals surface area contributed by atoms with Gasteiger partial charge in [0, 0.05) is 24.3 Å². The summed E-state index contributed by atoms with van der Waals surface area (Å²) in [5, 5.41) is 11.8. The minimum Gasteiger partial charge on any atom is -0.399 e. The maximum Gasteiger partial charge on any atom is 0.220 e. The van der Waals surface area contributed by atoms with Gasteiger partial charge >= 0.3 is 0 Å². The number of anilines is 1. The Labute approximate surface area is 108 Å². The van der Waals surface area contributed by atoms with E-state index in [9.17, 15) is 4.79 Å². The second-order valence-electron chi connectivity index (χ2n) is 5.15. The first-order chi connectivity index (χ1) is 8.43. The average molecular weight is 250 g/mol. The Morgan fingerprint density at radius 2 is 2.17 bits per heavy atom. The van der Waals surface area contributed by atoms with Crippen molar-refractivity contribution >= 4 is 11.6 Å². The van der Waals surface area contributed by atoms with E-state index >= 15 is 0 Å². The molecule has 4 heteroatoms. The van der Waals surface area contributed by atoms with Crippen molar-refractivity contribution in [1.82, 2.24) is 5.32 Å². The van der Waals surface area contributed by atoms with Crippen molar-refractivity contribution in [3.8, 4) is 0 Å². The Morgan fingerprint density at radius 3 is 2.78 bits per heavy atom. The number of carbonyl (C=O) groups excluding carboxylic acids is 1. The molecule has 0 bridgehead atoms. The van der Waals surface area contributed by atoms with E-state index < -0.39 is 0 Å². The predicted octanol–water partition coefficient (Wildman–Crippen LogP) is 1.48. The van der Waals surface area contributed by atoms with Crippen LogP contribution < -0.4 is 11.1 Å². The Bertz CT molecular complexity index is 403. The highest BCUT2D eigenvalue weighted by molar-refractivity contribution is 5.77. The van der Waals surface area contributed by atoms with Gasteiger partial charge in [-0.05, 0) is 44.4 Å². The summed E-state index contributed by atoms with van der Waals surface area (Å²) in [7, 11) is 0. The van der Waals surface area contributed by atoms with E-state index in [0.29, 0.717) is 24.9 Å². The van der Waals surface area contributed by atoms with E-state index in [1.807, 2.05) is 38.1 Å². The number of hydrogen-bond donors (Lipinski definition) is 3. The number of nitrogen functional groups attached to an aromatic ring is 1. The zero-order chi connectivity index (χ0) is 13.6. The van der Waals surface area contributed by atoms with Crippen LogP contribution in [0.2, 0.25) is 0 Å². The van der Waals surface area contributed by atoms with E-state index in [-0.39, 0.29) is 18.1 Å². The molecule has 1 aromatic carbocycles. The van der Waals surface area contributed by atoms with Crippen LogP contribution in [-0.2, 0) is 11.2 Å². The smallest absolute Gasteiger partial charge is 0.220 e. The van der Waals surface area contributed by atoms with Crippen LogP contribution in [0.4, 0.5) is 5.69 Å². The largest absolute Gasteiger partial charge is 0.399 e. The molecule has 0 aromatic heterocycles. The molecule has 0 aliphatic heterocycles. The van der Waals surface area contributed by atoms with Crippen LogP contribution in [-0.4, -0.2) is 23.2 Å². The zero-order valence-electron chi connectivity index (χ0n) is 11.1. The van der Waals surface area contributed by atoms with Gasteiger partial charge in [0.15, 0.2) is 0 Å². The maximum atomic E-state index is 11.8. The topological polar surface area (TPSA) is 75.3 Å². The lowest BCUT2D eigenvalue weighted by atomic mass is 10.0. The van der Waals surface area contributed by atoms with Crippen molar-refractivity contribution in [3.05, 3.63) is 29.8 Å². The number of hydrogen-bond acceptors (Lipinski definition) is 3. The number of amides is 1. The van der Waals surface area contributed by atoms with Crippen molar-refractivity contribution in [2.45, 2.75) is 38.6 Å². The molecule has 4 N–H and O–H groups in total. The molecule has 18 heavy (non-hydrogen) atoms. The second-order valence-corrected chi connectivity index (χ2v) is 5.15. The summed E-state index contributed by atoms with van der Waals surface area (Å²) in [6.07, 6.45) is 1.65. The van der Waals surface area contributed by atoms with Gasteiger partial charge in [-0.15, -0.1) is 0 Å². The molecule has 1 aromatic rings. The molecule has 0 aliphatic carbocycles. The van der Waals surface area contributed by atoms with E-state index in [0.717, 1.165) is 5.56 Å². The number of aryl methyl sites for hydroxylation is 1. The summed E-state index contributed by atoms with van der Waals surface area (Å²) in [4.78, 5) is 11.8. The summed E-state index contributed by atoms with van der Waals surface area (Å²) >= 11 is 0. The van der Waals surface area contributed by atoms with Crippen LogP contribution in [0.15, 0.2) is 24.3 Å². The highest BCUT2D eigenvalue weighted by atomic mass is 16.3. The molecule has 1 rings (SSSR count). The van der Waals surface area contributed by atoms with Crippen molar-refractivity contribution in [3.63, 3.8) is 0 Å². The third-order valence-electron chi connectivity index (χ3n) is 2.81. The molecule has 0 saturated carbocycles. The van der Waals surface area contributed by atoms with Crippen LogP contribution in [0, 0.1) is 0 Å². The normalized spacial score (nSPS) is 11.3. The lowest BCUT2D eigenvalue weighted by molar-refractivity contribution is -0.122. The quantitative estimate of drug-likeness (QED) is 0.669. The van der Waals surface area contributed by atoms with Gasteiger partial charge in [-0.2, -0.15) is 0 Å². The molecule has 0 fully saturated rings. The zero-order valence-corrected chi connectivity index (χ0v) is 11.1. The minimum atomic E-state index is -0.360. The first-order valence-corrected chi connectivity index (χ1v) is 6.19. The third-order valence-corrected chi connectivity index (χ3v) is 2.81. The third kappa shape index (κ3) is 5.19. The predicted molar refractivity (Wildman–Crippen MR) is 73.1 cm³/mol. The van der Waals surface area contributed by atoms with E-state index in [2.05, 4.69) is 5.32 Å². The lowest BCUT2D eigenvalue weighted by Gasteiger charge is -2.25. The van der Waals surface area contributed by atoms with Crippen molar-refractivity contribution in [2.75, 3.05) is 12.3 Å². The Kier molecular flexibility index (Phi) is 5.16. The highest BCUT2D eigenvalue weighted by Crippen LogP contribution is 2.11. The molecular formula is C14H22N2O2. The van der Waals surface area contributed by atoms with E-state index in [1.54, 1.807) is 0 Å². The molecular weight excluding hydrogens is 228 g/mol. The summed E-state index contributed by atoms with van der Waals surface area (Å²) in [6, 6.07) is 7.56. The van der Waals surface area contributed by atoms with Crippen LogP contribution in [0.5, 0.6) is 0 Å². The SMILES string of the molecule is CC(C)(CCO)NC(=O)CCc1cccc(N)c1. The highest BCUT2D eigenvalue weighted by Gasteiger charge is 2.19. The summed E-state index contributed by atoms with van der Waals surface area (Å²) in [5.41, 5.74) is 7.09. The molecule has 0 heterocycles. The maximum absolute atomic E-state index is 11.8. The number of rotatable bonds is 6. The first-order valence-electron chi connectivity index (χ1n) is 6.19. The van der Waals surface area contributed by atoms with Crippen LogP contribution in [0.25, 0.3) is 0 Å². The Hall–Kier alpha value is -1.55. The van der Waals surface area contributed by atoms with Gasteiger partial charge in [-0.3, -0.25) is 4.79 Å². The summed E-state index contributed by atoms with van der Waals surface area (Å²) in [5.74, 6) is -0.00382. The fourth-order valence-corrected chi connectivity index (χ4v) is 1.79. The fraction of sp³-hybridized carbons (Fsp3) is 0.500. The van der Waals surface area contributed by atoms with Crippen molar-refractivity contribution in [2.24, 2.45) is 0 Å². The van der Waals surface area contributed by atoms with Crippen LogP contribution >= 0.6 is 0 Å². The number of aliphatic hydroxyl groups is 1. The van der Waals surface area contributed by atoms with Gasteiger partial charge in [0.1, 0.15) is 0 Å². The molecule has 1 amide bonds. The first kappa shape index (κ1) is 14.5. The lowest BCUT2D eigenvalue weighted by Crippen LogP contribution is -2.44.